The summed E-state index contributed by atoms with van der Waals surface area (Å²) < 4.78 is 9.40. The first-order valence-corrected chi connectivity index (χ1v) is 16.0. The lowest BCUT2D eigenvalue weighted by Crippen LogP contribution is -2.35. The van der Waals surface area contributed by atoms with E-state index >= 15 is 0 Å². The van der Waals surface area contributed by atoms with Crippen LogP contribution in [0.4, 0.5) is 5.82 Å². The van der Waals surface area contributed by atoms with Crippen molar-refractivity contribution in [2.45, 2.75) is 31.7 Å². The van der Waals surface area contributed by atoms with E-state index < -0.39 is 11.2 Å². The number of rotatable bonds is 8. The predicted octanol–water partition coefficient (Wildman–Crippen LogP) is 5.18. The molecule has 3 aromatic carbocycles. The number of piperidine rings is 1. The number of hydrogen-bond donors (Lipinski definition) is 2. The zero-order valence-corrected chi connectivity index (χ0v) is 26.3. The third-order valence-corrected chi connectivity index (χ3v) is 8.51. The Hall–Kier alpha value is -5.99. The van der Waals surface area contributed by atoms with E-state index in [1.807, 2.05) is 83.5 Å². The minimum absolute atomic E-state index is 0.210. The van der Waals surface area contributed by atoms with Crippen LogP contribution in [0, 0.1) is 11.8 Å². The van der Waals surface area contributed by atoms with Crippen LogP contribution >= 0.6 is 0 Å². The maximum absolute atomic E-state index is 12.0. The number of hydrogen-bond acceptors (Lipinski definition) is 8. The second-order valence-corrected chi connectivity index (χ2v) is 11.7. The summed E-state index contributed by atoms with van der Waals surface area (Å²) in [6.45, 7) is 2.91. The van der Waals surface area contributed by atoms with Crippen molar-refractivity contribution in [3.05, 3.63) is 124 Å². The molecule has 6 aromatic rings. The summed E-state index contributed by atoms with van der Waals surface area (Å²) in [5.74, 6) is 8.43. The molecule has 0 saturated carbocycles. The standard InChI is InChI=1S/C37H34N8O3/c38-35-33-34(27-12-16-31(17-13-27)48-30-8-4-1-5-9-30)42-45(36(33)40-25-39-35)29-18-22-43(23-19-29)21-6-2-3-7-26-10-14-28(15-11-26)44-24-20-32(46)41-37(44)47/h1,4-5,8-17,20,24-25,29H,2,6,18-19,21-23H2,(H2,38,39,40)(H,41,46,47). The highest BCUT2D eigenvalue weighted by molar-refractivity contribution is 5.98. The highest BCUT2D eigenvalue weighted by Crippen LogP contribution is 2.35. The number of nitrogens with one attached hydrogen (secondary N) is 1. The first kappa shape index (κ1) is 30.7. The highest BCUT2D eigenvalue weighted by Gasteiger charge is 2.26. The van der Waals surface area contributed by atoms with Gasteiger partial charge in [-0.25, -0.2) is 19.4 Å². The van der Waals surface area contributed by atoms with Gasteiger partial charge in [-0.15, -0.1) is 0 Å². The number of nitrogens with zero attached hydrogens (tertiary/aromatic N) is 6. The summed E-state index contributed by atoms with van der Waals surface area (Å²) in [6, 6.07) is 26.5. The average Bonchev–Trinajstić information content (AvgIpc) is 3.51. The maximum Gasteiger partial charge on any atom is 0.332 e. The first-order valence-electron chi connectivity index (χ1n) is 16.0. The van der Waals surface area contributed by atoms with Gasteiger partial charge in [0, 0.05) is 42.9 Å². The number of ether oxygens (including phenoxy) is 1. The van der Waals surface area contributed by atoms with Gasteiger partial charge in [0.25, 0.3) is 5.56 Å². The topological polar surface area (TPSA) is 137 Å². The maximum atomic E-state index is 12.0. The molecule has 1 fully saturated rings. The van der Waals surface area contributed by atoms with Gasteiger partial charge in [0.05, 0.1) is 17.1 Å². The molecule has 0 radical (unpaired) electrons. The Balaban J connectivity index is 0.948. The third kappa shape index (κ3) is 6.74. The monoisotopic (exact) mass is 638 g/mol. The van der Waals surface area contributed by atoms with Crippen LogP contribution in [0.25, 0.3) is 28.0 Å². The van der Waals surface area contributed by atoms with Crippen LogP contribution in [-0.2, 0) is 0 Å². The summed E-state index contributed by atoms with van der Waals surface area (Å²) in [5, 5.41) is 5.83. The van der Waals surface area contributed by atoms with Crippen LogP contribution < -0.4 is 21.7 Å². The van der Waals surface area contributed by atoms with Crippen LogP contribution in [0.2, 0.25) is 0 Å². The molecule has 4 heterocycles. The quantitative estimate of drug-likeness (QED) is 0.172. The number of anilines is 1. The molecule has 11 nitrogen and oxygen atoms in total. The number of aromatic amines is 1. The van der Waals surface area contributed by atoms with Gasteiger partial charge in [-0.3, -0.25) is 14.3 Å². The molecule has 0 atom stereocenters. The van der Waals surface area contributed by atoms with Crippen LogP contribution in [0.15, 0.2) is 107 Å². The third-order valence-electron chi connectivity index (χ3n) is 8.51. The van der Waals surface area contributed by atoms with E-state index in [-0.39, 0.29) is 6.04 Å². The van der Waals surface area contributed by atoms with Crippen molar-refractivity contribution in [1.82, 2.24) is 34.2 Å². The van der Waals surface area contributed by atoms with Gasteiger partial charge in [-0.05, 0) is 86.5 Å². The van der Waals surface area contributed by atoms with Gasteiger partial charge in [0.15, 0.2) is 5.65 Å². The molecular formula is C37H34N8O3. The fraction of sp³-hybridized carbons (Fsp3) is 0.216. The molecular weight excluding hydrogens is 604 g/mol. The van der Waals surface area contributed by atoms with Gasteiger partial charge in [0.1, 0.15) is 29.3 Å². The zero-order chi connectivity index (χ0) is 32.9. The van der Waals surface area contributed by atoms with Crippen molar-refractivity contribution < 1.29 is 4.74 Å². The summed E-state index contributed by atoms with van der Waals surface area (Å²) in [4.78, 5) is 37.0. The minimum Gasteiger partial charge on any atom is -0.457 e. The summed E-state index contributed by atoms with van der Waals surface area (Å²) >= 11 is 0. The van der Waals surface area contributed by atoms with Crippen molar-refractivity contribution in [2.24, 2.45) is 0 Å². The molecule has 0 spiro atoms. The Morgan fingerprint density at radius 3 is 2.40 bits per heavy atom. The SMILES string of the molecule is Nc1ncnc2c1c(-c1ccc(Oc3ccccc3)cc1)nn2C1CCN(CCCC#Cc2ccc(-n3ccc(=O)[nH]c3=O)cc2)CC1. The second kappa shape index (κ2) is 13.8. The number of nitrogen functional groups attached to an aromatic ring is 1. The van der Waals surface area contributed by atoms with Crippen LogP contribution in [-0.4, -0.2) is 53.8 Å². The highest BCUT2D eigenvalue weighted by atomic mass is 16.5. The number of fused-ring (bicyclic) bond motifs is 1. The molecule has 0 amide bonds. The Morgan fingerprint density at radius 1 is 0.896 bits per heavy atom. The van der Waals surface area contributed by atoms with Crippen molar-refractivity contribution in [3.63, 3.8) is 0 Å². The van der Waals surface area contributed by atoms with Gasteiger partial charge in [-0.1, -0.05) is 30.0 Å². The van der Waals surface area contributed by atoms with E-state index in [2.05, 4.69) is 31.7 Å². The number of aromatic nitrogens is 6. The van der Waals surface area contributed by atoms with Gasteiger partial charge >= 0.3 is 5.69 Å². The Bertz CT molecular complexity index is 2200. The van der Waals surface area contributed by atoms with Gasteiger partial charge in [-0.2, -0.15) is 5.10 Å². The molecule has 0 aliphatic carbocycles. The lowest BCUT2D eigenvalue weighted by molar-refractivity contribution is 0.181. The lowest BCUT2D eigenvalue weighted by atomic mass is 10.0. The van der Waals surface area contributed by atoms with E-state index in [1.54, 1.807) is 0 Å². The molecule has 48 heavy (non-hydrogen) atoms. The Labute approximate surface area is 276 Å². The minimum atomic E-state index is -0.469. The van der Waals surface area contributed by atoms with E-state index in [4.69, 9.17) is 15.6 Å². The molecule has 0 unspecified atom stereocenters. The Morgan fingerprint density at radius 2 is 1.65 bits per heavy atom. The van der Waals surface area contributed by atoms with E-state index in [0.29, 0.717) is 11.5 Å². The fourth-order valence-electron chi connectivity index (χ4n) is 6.03. The van der Waals surface area contributed by atoms with Gasteiger partial charge in [0.2, 0.25) is 0 Å². The van der Waals surface area contributed by atoms with E-state index in [9.17, 15) is 9.59 Å². The molecule has 3 aromatic heterocycles. The van der Waals surface area contributed by atoms with Crippen LogP contribution in [0.5, 0.6) is 11.5 Å². The van der Waals surface area contributed by atoms with Gasteiger partial charge < -0.3 is 15.4 Å². The normalized spacial score (nSPS) is 13.7. The van der Waals surface area contributed by atoms with Crippen molar-refractivity contribution >= 4 is 16.9 Å². The largest absolute Gasteiger partial charge is 0.457 e. The molecule has 1 saturated heterocycles. The number of likely N-dealkylation sites (tertiary alicyclic amines) is 1. The van der Waals surface area contributed by atoms with Crippen molar-refractivity contribution in [2.75, 3.05) is 25.4 Å². The summed E-state index contributed by atoms with van der Waals surface area (Å²) in [6.07, 6.45) is 6.66. The number of H-pyrrole nitrogens is 1. The number of unbranched alkanes of at least 4 members (excludes halogenated alkanes) is 1. The van der Waals surface area contributed by atoms with E-state index in [1.165, 1.54) is 23.2 Å². The molecule has 11 heteroatoms. The van der Waals surface area contributed by atoms with Crippen molar-refractivity contribution in [1.29, 1.82) is 0 Å². The molecule has 240 valence electrons. The zero-order valence-electron chi connectivity index (χ0n) is 26.3. The molecule has 7 rings (SSSR count). The smallest absolute Gasteiger partial charge is 0.332 e. The van der Waals surface area contributed by atoms with Crippen LogP contribution in [0.1, 0.15) is 37.3 Å². The average molecular weight is 639 g/mol. The van der Waals surface area contributed by atoms with E-state index in [0.717, 1.165) is 84.7 Å². The fourth-order valence-corrected chi connectivity index (χ4v) is 6.03. The first-order chi connectivity index (χ1) is 23.5. The number of nitrogens with two attached hydrogens (primary N) is 1. The van der Waals surface area contributed by atoms with Crippen molar-refractivity contribution in [3.8, 4) is 40.3 Å². The number of benzene rings is 3. The molecule has 3 N–H and O–H groups in total. The molecule has 1 aliphatic heterocycles. The predicted molar refractivity (Wildman–Crippen MR) is 185 cm³/mol. The molecule has 0 bridgehead atoms. The molecule has 1 aliphatic rings. The summed E-state index contributed by atoms with van der Waals surface area (Å²) in [5.41, 5.74) is 9.50. The van der Waals surface area contributed by atoms with Crippen LogP contribution in [0.3, 0.4) is 0 Å². The second-order valence-electron chi connectivity index (χ2n) is 11.7. The number of para-hydroxylation sites is 1. The lowest BCUT2D eigenvalue weighted by Gasteiger charge is -2.32. The summed E-state index contributed by atoms with van der Waals surface area (Å²) in [7, 11) is 0. The Kier molecular flexibility index (Phi) is 8.80.